The minimum absolute atomic E-state index is 0.0250. The molecule has 2 aromatic rings. The highest BCUT2D eigenvalue weighted by Gasteiger charge is 2.51. The van der Waals surface area contributed by atoms with Crippen LogP contribution in [-0.2, 0) is 17.1 Å². The first kappa shape index (κ1) is 22.2. The Morgan fingerprint density at radius 1 is 1.09 bits per heavy atom. The van der Waals surface area contributed by atoms with Crippen molar-refractivity contribution in [3.8, 4) is 5.75 Å². The van der Waals surface area contributed by atoms with Crippen LogP contribution in [0.3, 0.4) is 0 Å². The Morgan fingerprint density at radius 2 is 1.78 bits per heavy atom. The number of anilines is 2. The summed E-state index contributed by atoms with van der Waals surface area (Å²) in [5.74, 6) is -1.48. The van der Waals surface area contributed by atoms with Crippen molar-refractivity contribution in [1.29, 1.82) is 0 Å². The first-order valence-electron chi connectivity index (χ1n) is 9.88. The van der Waals surface area contributed by atoms with E-state index in [9.17, 15) is 36.2 Å². The van der Waals surface area contributed by atoms with E-state index in [1.54, 1.807) is 12.1 Å². The van der Waals surface area contributed by atoms with Gasteiger partial charge in [0, 0.05) is 13.1 Å². The monoisotopic (exact) mass is 459 g/mol. The molecule has 1 amide bonds. The summed E-state index contributed by atoms with van der Waals surface area (Å²) in [4.78, 5) is 19.3. The number of nitrogens with zero attached hydrogens (tertiary/aromatic N) is 3. The number of phenols is 1. The molecule has 1 aliphatic carbocycles. The Hall–Kier alpha value is -2.98. The minimum atomic E-state index is -5.08. The molecule has 4 rings (SSSR count). The summed E-state index contributed by atoms with van der Waals surface area (Å²) in [6.45, 7) is 0. The van der Waals surface area contributed by atoms with Crippen molar-refractivity contribution in [1.82, 2.24) is 4.98 Å². The summed E-state index contributed by atoms with van der Waals surface area (Å²) in [5.41, 5.74) is -2.95. The fourth-order valence-electron chi connectivity index (χ4n) is 4.66. The van der Waals surface area contributed by atoms with E-state index in [0.29, 0.717) is 25.3 Å². The average Bonchev–Trinajstić information content (AvgIpc) is 3.33. The number of carbonyl (C=O) groups excluding carboxylic acids is 1. The number of fused-ring (bicyclic) bond motifs is 2. The van der Waals surface area contributed by atoms with Gasteiger partial charge in [-0.2, -0.15) is 26.3 Å². The van der Waals surface area contributed by atoms with E-state index in [1.807, 2.05) is 0 Å². The Bertz CT molecular complexity index is 1010. The number of aromatic nitrogens is 1. The van der Waals surface area contributed by atoms with Gasteiger partial charge in [0.1, 0.15) is 23.3 Å². The third-order valence-corrected chi connectivity index (χ3v) is 6.11. The highest BCUT2D eigenvalue weighted by Crippen LogP contribution is 2.47. The smallest absolute Gasteiger partial charge is 0.433 e. The van der Waals surface area contributed by atoms with Gasteiger partial charge in [0.25, 0.3) is 0 Å². The number of para-hydroxylation sites is 2. The second-order valence-electron chi connectivity index (χ2n) is 8.06. The average molecular weight is 459 g/mol. The van der Waals surface area contributed by atoms with Gasteiger partial charge < -0.3 is 14.9 Å². The van der Waals surface area contributed by atoms with Gasteiger partial charge in [-0.1, -0.05) is 12.1 Å². The lowest BCUT2D eigenvalue weighted by molar-refractivity contribution is -0.145. The fourth-order valence-corrected chi connectivity index (χ4v) is 4.66. The van der Waals surface area contributed by atoms with Crippen molar-refractivity contribution in [3.05, 3.63) is 47.7 Å². The van der Waals surface area contributed by atoms with E-state index in [4.69, 9.17) is 0 Å². The summed E-state index contributed by atoms with van der Waals surface area (Å²) >= 11 is 0. The lowest BCUT2D eigenvalue weighted by Gasteiger charge is -2.37. The van der Waals surface area contributed by atoms with Crippen LogP contribution >= 0.6 is 0 Å². The van der Waals surface area contributed by atoms with Crippen molar-refractivity contribution in [3.63, 3.8) is 0 Å². The number of hydrogen-bond donors (Lipinski definition) is 1. The van der Waals surface area contributed by atoms with Gasteiger partial charge in [0.2, 0.25) is 5.91 Å². The van der Waals surface area contributed by atoms with Crippen molar-refractivity contribution in [2.24, 2.45) is 5.92 Å². The normalized spacial score (nSPS) is 23.0. The maximum atomic E-state index is 13.3. The molecule has 172 valence electrons. The molecule has 2 aliphatic rings. The first-order valence-corrected chi connectivity index (χ1v) is 9.88. The molecule has 1 aromatic heterocycles. The van der Waals surface area contributed by atoms with E-state index < -0.39 is 47.4 Å². The van der Waals surface area contributed by atoms with Gasteiger partial charge in [-0.25, -0.2) is 4.98 Å². The molecule has 2 fully saturated rings. The molecule has 0 unspecified atom stereocenters. The maximum Gasteiger partial charge on any atom is 0.433 e. The van der Waals surface area contributed by atoms with Crippen LogP contribution in [0.2, 0.25) is 0 Å². The predicted molar refractivity (Wildman–Crippen MR) is 103 cm³/mol. The molecule has 3 atom stereocenters. The van der Waals surface area contributed by atoms with Crippen LogP contribution < -0.4 is 9.80 Å². The molecule has 1 saturated carbocycles. The number of rotatable bonds is 3. The van der Waals surface area contributed by atoms with E-state index in [-0.39, 0.29) is 23.4 Å². The molecular weight excluding hydrogens is 440 g/mol. The Kier molecular flexibility index (Phi) is 5.25. The minimum Gasteiger partial charge on any atom is -0.506 e. The lowest BCUT2D eigenvalue weighted by Crippen LogP contribution is -2.51. The van der Waals surface area contributed by atoms with E-state index in [2.05, 4.69) is 4.98 Å². The number of likely N-dealkylation sites (N-methyl/N-ethyl adjacent to an activating group) is 1. The van der Waals surface area contributed by atoms with Crippen molar-refractivity contribution >= 4 is 17.4 Å². The molecule has 5 nitrogen and oxygen atoms in total. The molecule has 1 aromatic carbocycles. The Labute approximate surface area is 179 Å². The predicted octanol–water partition coefficient (Wildman–Crippen LogP) is 4.85. The molecule has 1 aliphatic heterocycles. The Morgan fingerprint density at radius 3 is 2.41 bits per heavy atom. The highest BCUT2D eigenvalue weighted by atomic mass is 19.4. The lowest BCUT2D eigenvalue weighted by atomic mass is 9.97. The number of aromatic hydroxyl groups is 1. The molecular formula is C21H19F6N3O2. The summed E-state index contributed by atoms with van der Waals surface area (Å²) in [6.07, 6.45) is -8.47. The zero-order valence-corrected chi connectivity index (χ0v) is 16.8. The van der Waals surface area contributed by atoms with Gasteiger partial charge >= 0.3 is 12.4 Å². The van der Waals surface area contributed by atoms with Gasteiger partial charge in [-0.05, 0) is 49.4 Å². The number of carbonyl (C=O) groups is 1. The standard InChI is InChI=1S/C21H19F6N3O2/c1-29(14-4-2-3-5-15(14)31)19(32)18-11-6-7-13(8-11)30(18)17-10-12(20(22,23)24)9-16(28-17)21(25,26)27/h2-5,9-11,13,18,31H,6-8H2,1H3/t11-,13+,18-/m0/s1. The molecule has 32 heavy (non-hydrogen) atoms. The van der Waals surface area contributed by atoms with Crippen LogP contribution in [0, 0.1) is 5.92 Å². The second kappa shape index (κ2) is 7.56. The van der Waals surface area contributed by atoms with Gasteiger partial charge in [0.05, 0.1) is 11.3 Å². The van der Waals surface area contributed by atoms with Crippen molar-refractivity contribution < 1.29 is 36.2 Å². The zero-order valence-electron chi connectivity index (χ0n) is 16.8. The van der Waals surface area contributed by atoms with Crippen LogP contribution in [0.25, 0.3) is 0 Å². The molecule has 0 radical (unpaired) electrons. The number of pyridine rings is 1. The number of phenolic OH excluding ortho intramolecular Hbond substituents is 1. The number of alkyl halides is 6. The Balaban J connectivity index is 1.77. The number of piperidine rings is 1. The largest absolute Gasteiger partial charge is 0.506 e. The zero-order chi connectivity index (χ0) is 23.4. The molecule has 11 heteroatoms. The third kappa shape index (κ3) is 3.84. The van der Waals surface area contributed by atoms with Crippen LogP contribution in [0.15, 0.2) is 36.4 Å². The van der Waals surface area contributed by atoms with Crippen LogP contribution in [-0.4, -0.2) is 35.1 Å². The molecule has 0 spiro atoms. The number of halogens is 6. The number of hydrogen-bond acceptors (Lipinski definition) is 4. The maximum absolute atomic E-state index is 13.3. The molecule has 2 heterocycles. The molecule has 1 N–H and O–H groups in total. The summed E-state index contributed by atoms with van der Waals surface area (Å²) < 4.78 is 80.0. The summed E-state index contributed by atoms with van der Waals surface area (Å²) in [6, 6.07) is 5.18. The van der Waals surface area contributed by atoms with Gasteiger partial charge in [-0.3, -0.25) is 4.79 Å². The van der Waals surface area contributed by atoms with Crippen LogP contribution in [0.1, 0.15) is 30.5 Å². The second-order valence-corrected chi connectivity index (χ2v) is 8.06. The van der Waals surface area contributed by atoms with Crippen molar-refractivity contribution in [2.45, 2.75) is 43.7 Å². The highest BCUT2D eigenvalue weighted by molar-refractivity contribution is 6.00. The SMILES string of the molecule is CN(C(=O)[C@@H]1[C@H]2CC[C@H](C2)N1c1cc(C(F)(F)F)cc(C(F)(F)F)n1)c1ccccc1O. The van der Waals surface area contributed by atoms with Crippen LogP contribution in [0.5, 0.6) is 5.75 Å². The topological polar surface area (TPSA) is 56.7 Å². The van der Waals surface area contributed by atoms with Gasteiger partial charge in [-0.15, -0.1) is 0 Å². The molecule has 1 saturated heterocycles. The third-order valence-electron chi connectivity index (χ3n) is 6.11. The summed E-state index contributed by atoms with van der Waals surface area (Å²) in [5, 5.41) is 10.1. The van der Waals surface area contributed by atoms with E-state index in [1.165, 1.54) is 29.0 Å². The van der Waals surface area contributed by atoms with Crippen molar-refractivity contribution in [2.75, 3.05) is 16.8 Å². The van der Waals surface area contributed by atoms with Crippen LogP contribution in [0.4, 0.5) is 37.8 Å². The quantitative estimate of drug-likeness (QED) is 0.668. The first-order chi connectivity index (χ1) is 14.9. The van der Waals surface area contributed by atoms with Gasteiger partial charge in [0.15, 0.2) is 0 Å². The number of amides is 1. The fraction of sp³-hybridized carbons (Fsp3) is 0.429. The molecule has 2 bridgehead atoms. The van der Waals surface area contributed by atoms with E-state index >= 15 is 0 Å². The number of benzene rings is 1. The summed E-state index contributed by atoms with van der Waals surface area (Å²) in [7, 11) is 1.41. The van der Waals surface area contributed by atoms with E-state index in [0.717, 1.165) is 0 Å².